The highest BCUT2D eigenvalue weighted by Crippen LogP contribution is 2.51. The summed E-state index contributed by atoms with van der Waals surface area (Å²) in [4.78, 5) is 28.5. The Morgan fingerprint density at radius 2 is 1.59 bits per heavy atom. The predicted octanol–water partition coefficient (Wildman–Crippen LogP) is 4.60. The summed E-state index contributed by atoms with van der Waals surface area (Å²) in [7, 11) is 1.68. The van der Waals surface area contributed by atoms with E-state index < -0.39 is 6.04 Å². The van der Waals surface area contributed by atoms with Crippen LogP contribution in [-0.2, 0) is 4.79 Å². The second kappa shape index (κ2) is 13.3. The van der Waals surface area contributed by atoms with Gasteiger partial charge in [0.05, 0.1) is 7.11 Å². The Balaban J connectivity index is 1.14. The van der Waals surface area contributed by atoms with Crippen molar-refractivity contribution in [3.8, 4) is 16.9 Å². The SMILES string of the molecule is COc1ccc([C@@H]2C[C@@]2(C)NCCNC[C@H](NC(=O)c2ccc(-c3ccccc3)cc2)C(=O)N2CCCCC2)cc1. The summed E-state index contributed by atoms with van der Waals surface area (Å²) in [6.07, 6.45) is 4.26. The van der Waals surface area contributed by atoms with E-state index in [9.17, 15) is 9.59 Å². The van der Waals surface area contributed by atoms with Gasteiger partial charge in [-0.25, -0.2) is 0 Å². The second-order valence-corrected chi connectivity index (χ2v) is 11.4. The Bertz CT molecular complexity index is 1290. The Morgan fingerprint density at radius 3 is 2.27 bits per heavy atom. The summed E-state index contributed by atoms with van der Waals surface area (Å²) in [5.74, 6) is 1.12. The molecule has 7 heteroatoms. The number of methoxy groups -OCH3 is 1. The van der Waals surface area contributed by atoms with Gasteiger partial charge >= 0.3 is 0 Å². The summed E-state index contributed by atoms with van der Waals surface area (Å²) in [5, 5.41) is 10.1. The fraction of sp³-hybridized carbons (Fsp3) is 0.412. The minimum atomic E-state index is -0.613. The van der Waals surface area contributed by atoms with Crippen LogP contribution in [0.5, 0.6) is 5.75 Å². The summed E-state index contributed by atoms with van der Waals surface area (Å²) in [6, 6.07) is 25.3. The van der Waals surface area contributed by atoms with Crippen LogP contribution in [-0.4, -0.2) is 68.1 Å². The van der Waals surface area contributed by atoms with Gasteiger partial charge in [0.1, 0.15) is 11.8 Å². The summed E-state index contributed by atoms with van der Waals surface area (Å²) >= 11 is 0. The first-order valence-corrected chi connectivity index (χ1v) is 14.8. The zero-order valence-electron chi connectivity index (χ0n) is 24.2. The van der Waals surface area contributed by atoms with Crippen molar-refractivity contribution in [3.05, 3.63) is 90.0 Å². The van der Waals surface area contributed by atoms with Crippen molar-refractivity contribution >= 4 is 11.8 Å². The largest absolute Gasteiger partial charge is 0.497 e. The molecule has 0 unspecified atom stereocenters. The Kier molecular flexibility index (Phi) is 9.37. The Hall–Kier alpha value is -3.68. The van der Waals surface area contributed by atoms with Crippen molar-refractivity contribution in [2.24, 2.45) is 0 Å². The van der Waals surface area contributed by atoms with E-state index >= 15 is 0 Å². The maximum Gasteiger partial charge on any atom is 0.251 e. The number of benzene rings is 3. The Labute approximate surface area is 243 Å². The van der Waals surface area contributed by atoms with Gasteiger partial charge in [-0.2, -0.15) is 0 Å². The van der Waals surface area contributed by atoms with Crippen molar-refractivity contribution in [1.29, 1.82) is 0 Å². The highest BCUT2D eigenvalue weighted by atomic mass is 16.5. The molecular weight excluding hydrogens is 512 g/mol. The van der Waals surface area contributed by atoms with Crippen molar-refractivity contribution in [3.63, 3.8) is 0 Å². The molecule has 0 aromatic heterocycles. The first kappa shape index (κ1) is 28.8. The highest BCUT2D eigenvalue weighted by molar-refractivity contribution is 5.98. The fourth-order valence-electron chi connectivity index (χ4n) is 5.79. The number of carbonyl (C=O) groups excluding carboxylic acids is 2. The van der Waals surface area contributed by atoms with Crippen molar-refractivity contribution in [1.82, 2.24) is 20.9 Å². The lowest BCUT2D eigenvalue weighted by molar-refractivity contribution is -0.134. The van der Waals surface area contributed by atoms with E-state index in [0.717, 1.165) is 62.2 Å². The molecule has 5 rings (SSSR count). The van der Waals surface area contributed by atoms with Gasteiger partial charge < -0.3 is 25.6 Å². The molecule has 1 aliphatic carbocycles. The predicted molar refractivity (Wildman–Crippen MR) is 163 cm³/mol. The summed E-state index contributed by atoms with van der Waals surface area (Å²) < 4.78 is 5.28. The normalized spacial score (nSPS) is 20.7. The molecule has 7 nitrogen and oxygen atoms in total. The summed E-state index contributed by atoms with van der Waals surface area (Å²) in [5.41, 5.74) is 4.09. The molecule has 2 aliphatic rings. The van der Waals surface area contributed by atoms with E-state index in [4.69, 9.17) is 4.74 Å². The van der Waals surface area contributed by atoms with Crippen LogP contribution >= 0.6 is 0 Å². The van der Waals surface area contributed by atoms with E-state index in [2.05, 4.69) is 35.0 Å². The molecule has 0 radical (unpaired) electrons. The quantitative estimate of drug-likeness (QED) is 0.285. The van der Waals surface area contributed by atoms with E-state index in [0.29, 0.717) is 24.6 Å². The van der Waals surface area contributed by atoms with Crippen LogP contribution in [0.15, 0.2) is 78.9 Å². The average Bonchev–Trinajstić information content (AvgIpc) is 3.71. The van der Waals surface area contributed by atoms with Gasteiger partial charge in [0, 0.05) is 49.7 Å². The monoisotopic (exact) mass is 554 g/mol. The topological polar surface area (TPSA) is 82.7 Å². The average molecular weight is 555 g/mol. The number of hydrogen-bond donors (Lipinski definition) is 3. The minimum Gasteiger partial charge on any atom is -0.497 e. The van der Waals surface area contributed by atoms with Gasteiger partial charge in [-0.1, -0.05) is 54.6 Å². The third-order valence-corrected chi connectivity index (χ3v) is 8.46. The number of rotatable bonds is 12. The molecule has 216 valence electrons. The number of ether oxygens (including phenoxy) is 1. The molecule has 3 aromatic carbocycles. The first-order chi connectivity index (χ1) is 20.0. The molecule has 3 aromatic rings. The molecule has 0 spiro atoms. The number of hydrogen-bond acceptors (Lipinski definition) is 5. The maximum atomic E-state index is 13.4. The lowest BCUT2D eigenvalue weighted by atomic mass is 10.0. The second-order valence-electron chi connectivity index (χ2n) is 11.4. The number of amides is 2. The minimum absolute atomic E-state index is 0.00635. The van der Waals surface area contributed by atoms with Crippen molar-refractivity contribution < 1.29 is 14.3 Å². The van der Waals surface area contributed by atoms with Crippen LogP contribution in [0, 0.1) is 0 Å². The molecule has 2 amide bonds. The van der Waals surface area contributed by atoms with Gasteiger partial charge in [-0.15, -0.1) is 0 Å². The van der Waals surface area contributed by atoms with E-state index in [1.807, 2.05) is 71.6 Å². The molecule has 1 heterocycles. The molecule has 1 saturated carbocycles. The van der Waals surface area contributed by atoms with Gasteiger partial charge in [-0.3, -0.25) is 9.59 Å². The molecular formula is C34H42N4O3. The van der Waals surface area contributed by atoms with Crippen molar-refractivity contribution in [2.45, 2.75) is 50.1 Å². The highest BCUT2D eigenvalue weighted by Gasteiger charge is 2.50. The van der Waals surface area contributed by atoms with E-state index in [-0.39, 0.29) is 17.4 Å². The van der Waals surface area contributed by atoms with Gasteiger partial charge in [0.15, 0.2) is 0 Å². The molecule has 3 N–H and O–H groups in total. The molecule has 41 heavy (non-hydrogen) atoms. The van der Waals surface area contributed by atoms with Gasteiger partial charge in [0.2, 0.25) is 5.91 Å². The van der Waals surface area contributed by atoms with Crippen LogP contribution < -0.4 is 20.7 Å². The zero-order valence-corrected chi connectivity index (χ0v) is 24.2. The summed E-state index contributed by atoms with van der Waals surface area (Å²) in [6.45, 7) is 5.64. The standard InChI is InChI=1S/C34H42N4O3/c1-34(23-30(34)27-15-17-29(41-2)18-16-27)36-20-19-35-24-31(33(40)38-21-7-4-8-22-38)37-32(39)28-13-11-26(12-14-28)25-9-5-3-6-10-25/h3,5-6,9-18,30-31,35-36H,4,7-8,19-24H2,1-2H3,(H,37,39)/t30-,31-,34+/m0/s1. The number of likely N-dealkylation sites (tertiary alicyclic amines) is 1. The first-order valence-electron chi connectivity index (χ1n) is 14.8. The van der Waals surface area contributed by atoms with Crippen LogP contribution in [0.2, 0.25) is 0 Å². The van der Waals surface area contributed by atoms with Crippen molar-refractivity contribution in [2.75, 3.05) is 39.8 Å². The third kappa shape index (κ3) is 7.34. The zero-order chi connectivity index (χ0) is 28.7. The molecule has 1 saturated heterocycles. The van der Waals surface area contributed by atoms with E-state index in [1.165, 1.54) is 5.56 Å². The lowest BCUT2D eigenvalue weighted by Gasteiger charge is -2.31. The van der Waals surface area contributed by atoms with Crippen LogP contribution in [0.3, 0.4) is 0 Å². The maximum absolute atomic E-state index is 13.4. The smallest absolute Gasteiger partial charge is 0.251 e. The lowest BCUT2D eigenvalue weighted by Crippen LogP contribution is -2.54. The molecule has 0 bridgehead atoms. The van der Waals surface area contributed by atoms with Gasteiger partial charge in [-0.05, 0) is 73.6 Å². The Morgan fingerprint density at radius 1 is 0.902 bits per heavy atom. The number of nitrogens with one attached hydrogen (secondary N) is 3. The van der Waals surface area contributed by atoms with Crippen LogP contribution in [0.4, 0.5) is 0 Å². The molecule has 2 fully saturated rings. The number of piperidine rings is 1. The molecule has 1 aliphatic heterocycles. The van der Waals surface area contributed by atoms with E-state index in [1.54, 1.807) is 7.11 Å². The van der Waals surface area contributed by atoms with Gasteiger partial charge in [0.25, 0.3) is 5.91 Å². The number of nitrogens with zero attached hydrogens (tertiary/aromatic N) is 1. The third-order valence-electron chi connectivity index (χ3n) is 8.46. The fourth-order valence-corrected chi connectivity index (χ4v) is 5.79. The number of carbonyl (C=O) groups is 2. The van der Waals surface area contributed by atoms with Crippen LogP contribution in [0.25, 0.3) is 11.1 Å². The molecule has 3 atom stereocenters. The van der Waals surface area contributed by atoms with Crippen LogP contribution in [0.1, 0.15) is 54.4 Å².